The average Bonchev–Trinajstić information content (AvgIpc) is 2.78. The fourth-order valence-corrected chi connectivity index (χ4v) is 2.99. The number of aromatic nitrogens is 2. The minimum Gasteiger partial charge on any atom is -0.444 e. The van der Waals surface area contributed by atoms with Gasteiger partial charge in [-0.05, 0) is 39.5 Å². The minimum atomic E-state index is -0.522. The highest BCUT2D eigenvalue weighted by atomic mass is 16.6. The van der Waals surface area contributed by atoms with Crippen LogP contribution >= 0.6 is 0 Å². The van der Waals surface area contributed by atoms with Gasteiger partial charge in [0.1, 0.15) is 5.60 Å². The van der Waals surface area contributed by atoms with Crippen LogP contribution < -0.4 is 5.56 Å². The van der Waals surface area contributed by atoms with Crippen LogP contribution in [0.15, 0.2) is 10.9 Å². The number of ether oxygens (including phenoxy) is 1. The number of hydrogen-bond donors (Lipinski definition) is 1. The van der Waals surface area contributed by atoms with E-state index in [2.05, 4.69) is 5.10 Å². The van der Waals surface area contributed by atoms with Crippen molar-refractivity contribution < 1.29 is 9.53 Å². The Morgan fingerprint density at radius 1 is 1.35 bits per heavy atom. The van der Waals surface area contributed by atoms with E-state index in [1.165, 1.54) is 37.0 Å². The molecule has 1 heterocycles. The fraction of sp³-hybridized carbons (Fsp3) is 0.765. The summed E-state index contributed by atoms with van der Waals surface area (Å²) in [6.45, 7) is 6.58. The Hall–Kier alpha value is -1.72. The van der Waals surface area contributed by atoms with Crippen LogP contribution in [0, 0.1) is 5.92 Å². The smallest absolute Gasteiger partial charge is 0.410 e. The van der Waals surface area contributed by atoms with Gasteiger partial charge in [-0.1, -0.05) is 19.3 Å². The van der Waals surface area contributed by atoms with Gasteiger partial charge in [0, 0.05) is 19.7 Å². The molecule has 0 atom stereocenters. The molecule has 0 saturated heterocycles. The van der Waals surface area contributed by atoms with E-state index < -0.39 is 11.7 Å². The molecule has 1 amide bonds. The summed E-state index contributed by atoms with van der Waals surface area (Å²) in [4.78, 5) is 25.5. The third-order valence-corrected chi connectivity index (χ3v) is 4.12. The molecule has 1 fully saturated rings. The molecule has 1 aliphatic carbocycles. The van der Waals surface area contributed by atoms with Crippen molar-refractivity contribution >= 4 is 6.09 Å². The second kappa shape index (κ2) is 7.23. The highest BCUT2D eigenvalue weighted by molar-refractivity contribution is 5.67. The van der Waals surface area contributed by atoms with E-state index in [0.29, 0.717) is 12.5 Å². The first kappa shape index (κ1) is 17.6. The topological polar surface area (TPSA) is 67.3 Å². The van der Waals surface area contributed by atoms with Gasteiger partial charge in [0.15, 0.2) is 0 Å². The molecule has 2 rings (SSSR count). The monoisotopic (exact) mass is 323 g/mol. The number of amides is 1. The zero-order valence-corrected chi connectivity index (χ0v) is 14.7. The SMILES string of the molecule is CN(Cc1cc(=O)n(CC2CCCCC2)[nH]1)C(=O)OC(C)(C)C. The van der Waals surface area contributed by atoms with Crippen LogP contribution in [0.4, 0.5) is 4.79 Å². The molecule has 1 aromatic heterocycles. The van der Waals surface area contributed by atoms with E-state index in [-0.39, 0.29) is 5.56 Å². The summed E-state index contributed by atoms with van der Waals surface area (Å²) in [6.07, 6.45) is 5.82. The predicted octanol–water partition coefficient (Wildman–Crippen LogP) is 3.12. The molecule has 0 aromatic carbocycles. The largest absolute Gasteiger partial charge is 0.444 e. The lowest BCUT2D eigenvalue weighted by Gasteiger charge is -2.24. The molecule has 6 heteroatoms. The van der Waals surface area contributed by atoms with Crippen LogP contribution in [-0.2, 0) is 17.8 Å². The van der Waals surface area contributed by atoms with Crippen molar-refractivity contribution in [3.05, 3.63) is 22.1 Å². The maximum absolute atomic E-state index is 12.1. The first-order chi connectivity index (χ1) is 10.7. The summed E-state index contributed by atoms with van der Waals surface area (Å²) in [5.41, 5.74) is 0.188. The van der Waals surface area contributed by atoms with E-state index in [1.54, 1.807) is 17.8 Å². The van der Waals surface area contributed by atoms with Crippen molar-refractivity contribution in [3.63, 3.8) is 0 Å². The average molecular weight is 323 g/mol. The van der Waals surface area contributed by atoms with E-state index in [9.17, 15) is 9.59 Å². The number of rotatable bonds is 4. The van der Waals surface area contributed by atoms with Crippen molar-refractivity contribution in [2.24, 2.45) is 5.92 Å². The normalized spacial score (nSPS) is 16.3. The van der Waals surface area contributed by atoms with E-state index in [0.717, 1.165) is 12.2 Å². The number of nitrogens with one attached hydrogen (secondary N) is 1. The summed E-state index contributed by atoms with van der Waals surface area (Å²) in [5.74, 6) is 0.580. The molecule has 0 bridgehead atoms. The zero-order chi connectivity index (χ0) is 17.0. The maximum Gasteiger partial charge on any atom is 0.410 e. The lowest BCUT2D eigenvalue weighted by molar-refractivity contribution is 0.0282. The Morgan fingerprint density at radius 2 is 2.00 bits per heavy atom. The third-order valence-electron chi connectivity index (χ3n) is 4.12. The summed E-state index contributed by atoms with van der Waals surface area (Å²) in [6, 6.07) is 1.57. The second-order valence-corrected chi connectivity index (χ2v) is 7.57. The van der Waals surface area contributed by atoms with Crippen LogP contribution in [0.25, 0.3) is 0 Å². The van der Waals surface area contributed by atoms with Crippen LogP contribution in [0.5, 0.6) is 0 Å². The van der Waals surface area contributed by atoms with Gasteiger partial charge in [-0.25, -0.2) is 4.79 Å². The van der Waals surface area contributed by atoms with E-state index >= 15 is 0 Å². The number of H-pyrrole nitrogens is 1. The molecule has 1 aliphatic rings. The quantitative estimate of drug-likeness (QED) is 0.925. The van der Waals surface area contributed by atoms with Gasteiger partial charge < -0.3 is 9.64 Å². The zero-order valence-electron chi connectivity index (χ0n) is 14.7. The van der Waals surface area contributed by atoms with Crippen LogP contribution in [-0.4, -0.2) is 33.4 Å². The summed E-state index contributed by atoms with van der Waals surface area (Å²) in [7, 11) is 1.67. The molecule has 0 aliphatic heterocycles. The summed E-state index contributed by atoms with van der Waals surface area (Å²) < 4.78 is 6.99. The first-order valence-corrected chi connectivity index (χ1v) is 8.47. The van der Waals surface area contributed by atoms with Gasteiger partial charge in [-0.3, -0.25) is 14.6 Å². The van der Waals surface area contributed by atoms with Gasteiger partial charge in [0.2, 0.25) is 0 Å². The molecule has 0 spiro atoms. The van der Waals surface area contributed by atoms with Gasteiger partial charge in [0.05, 0.1) is 12.2 Å². The Kier molecular flexibility index (Phi) is 5.55. The fourth-order valence-electron chi connectivity index (χ4n) is 2.99. The lowest BCUT2D eigenvalue weighted by atomic mass is 9.89. The highest BCUT2D eigenvalue weighted by Gasteiger charge is 2.21. The lowest BCUT2D eigenvalue weighted by Crippen LogP contribution is -2.33. The second-order valence-electron chi connectivity index (χ2n) is 7.57. The molecular formula is C17H29N3O3. The Labute approximate surface area is 137 Å². The van der Waals surface area contributed by atoms with Gasteiger partial charge in [-0.2, -0.15) is 0 Å². The van der Waals surface area contributed by atoms with E-state index in [4.69, 9.17) is 4.74 Å². The first-order valence-electron chi connectivity index (χ1n) is 8.47. The molecule has 1 aromatic rings. The molecule has 0 unspecified atom stereocenters. The molecular weight excluding hydrogens is 294 g/mol. The van der Waals surface area contributed by atoms with Gasteiger partial charge in [0.25, 0.3) is 5.56 Å². The van der Waals surface area contributed by atoms with Crippen LogP contribution in [0.1, 0.15) is 58.6 Å². The molecule has 0 radical (unpaired) electrons. The number of nitrogens with zero attached hydrogens (tertiary/aromatic N) is 2. The van der Waals surface area contributed by atoms with Gasteiger partial charge >= 0.3 is 6.09 Å². The predicted molar refractivity (Wildman–Crippen MR) is 89.3 cm³/mol. The maximum atomic E-state index is 12.1. The van der Waals surface area contributed by atoms with Crippen molar-refractivity contribution in [2.45, 2.75) is 71.6 Å². The Balaban J connectivity index is 1.94. The molecule has 6 nitrogen and oxygen atoms in total. The Bertz CT molecular complexity index is 577. The number of carbonyl (C=O) groups excluding carboxylic acids is 1. The van der Waals surface area contributed by atoms with Crippen molar-refractivity contribution in [1.29, 1.82) is 0 Å². The van der Waals surface area contributed by atoms with Crippen molar-refractivity contribution in [3.8, 4) is 0 Å². The number of carbonyl (C=O) groups is 1. The Morgan fingerprint density at radius 3 is 2.61 bits per heavy atom. The highest BCUT2D eigenvalue weighted by Crippen LogP contribution is 2.24. The van der Waals surface area contributed by atoms with E-state index in [1.807, 2.05) is 20.8 Å². The summed E-state index contributed by atoms with van der Waals surface area (Å²) >= 11 is 0. The standard InChI is InChI=1S/C17H29N3O3/c1-17(2,3)23-16(22)19(4)12-14-10-15(21)20(18-14)11-13-8-6-5-7-9-13/h10,13,18H,5-9,11-12H2,1-4H3. The molecule has 1 N–H and O–H groups in total. The van der Waals surface area contributed by atoms with Gasteiger partial charge in [-0.15, -0.1) is 0 Å². The number of hydrogen-bond acceptors (Lipinski definition) is 3. The summed E-state index contributed by atoms with van der Waals surface area (Å²) in [5, 5.41) is 3.13. The third kappa shape index (κ3) is 5.44. The molecule has 130 valence electrons. The van der Waals surface area contributed by atoms with Crippen LogP contribution in [0.3, 0.4) is 0 Å². The minimum absolute atomic E-state index is 0.0248. The molecule has 1 saturated carbocycles. The van der Waals surface area contributed by atoms with Crippen LogP contribution in [0.2, 0.25) is 0 Å². The van der Waals surface area contributed by atoms with Crippen molar-refractivity contribution in [2.75, 3.05) is 7.05 Å². The molecule has 23 heavy (non-hydrogen) atoms. The number of aromatic amines is 1. The van der Waals surface area contributed by atoms with Crippen molar-refractivity contribution in [1.82, 2.24) is 14.7 Å².